The third-order valence-electron chi connectivity index (χ3n) is 2.35. The third kappa shape index (κ3) is 5.21. The van der Waals surface area contributed by atoms with Gasteiger partial charge in [0.25, 0.3) is 0 Å². The van der Waals surface area contributed by atoms with Gasteiger partial charge in [0.1, 0.15) is 12.4 Å². The van der Waals surface area contributed by atoms with Gasteiger partial charge in [-0.05, 0) is 12.1 Å². The minimum Gasteiger partial charge on any atom is -0.489 e. The van der Waals surface area contributed by atoms with Crippen LogP contribution in [0.15, 0.2) is 30.3 Å². The second-order valence-electron chi connectivity index (χ2n) is 3.97. The summed E-state index contributed by atoms with van der Waals surface area (Å²) in [6.45, 7) is 1.39. The predicted molar refractivity (Wildman–Crippen MR) is 72.5 cm³/mol. The van der Waals surface area contributed by atoms with Gasteiger partial charge in [0, 0.05) is 5.75 Å². The molecule has 1 rings (SSSR count). The summed E-state index contributed by atoms with van der Waals surface area (Å²) in [5.74, 6) is -1.48. The van der Waals surface area contributed by atoms with Gasteiger partial charge in [-0.3, -0.25) is 4.79 Å². The minimum atomic E-state index is -1.32. The molecule has 0 spiro atoms. The first-order valence-corrected chi connectivity index (χ1v) is 6.40. The van der Waals surface area contributed by atoms with E-state index in [1.165, 1.54) is 0 Å². The maximum atomic E-state index is 11.5. The lowest BCUT2D eigenvalue weighted by Gasteiger charge is -2.16. The van der Waals surface area contributed by atoms with Crippen LogP contribution >= 0.6 is 12.6 Å². The fraction of sp³-hybridized carbons (Fsp3) is 0.385. The Kier molecular flexibility index (Phi) is 6.21. The molecule has 0 heterocycles. The Bertz CT molecular complexity index is 420. The first-order valence-electron chi connectivity index (χ1n) is 5.76. The molecule has 0 bridgehead atoms. The van der Waals surface area contributed by atoms with Crippen LogP contribution in [0, 0.1) is 5.92 Å². The number of esters is 1. The number of carbonyl (C=O) groups is 2. The molecule has 19 heavy (non-hydrogen) atoms. The lowest BCUT2D eigenvalue weighted by Crippen LogP contribution is -2.34. The van der Waals surface area contributed by atoms with Gasteiger partial charge in [0.2, 0.25) is 6.10 Å². The quantitative estimate of drug-likeness (QED) is 0.588. The molecular formula is C13H16O5S. The van der Waals surface area contributed by atoms with Gasteiger partial charge in [-0.25, -0.2) is 4.79 Å². The van der Waals surface area contributed by atoms with E-state index in [4.69, 9.17) is 14.6 Å². The van der Waals surface area contributed by atoms with Crippen molar-refractivity contribution in [3.8, 4) is 5.75 Å². The van der Waals surface area contributed by atoms with Crippen molar-refractivity contribution in [2.45, 2.75) is 13.0 Å². The highest BCUT2D eigenvalue weighted by molar-refractivity contribution is 7.80. The average molecular weight is 284 g/mol. The first kappa shape index (κ1) is 15.4. The van der Waals surface area contributed by atoms with E-state index in [0.29, 0.717) is 11.5 Å². The number of carboxylic acids is 1. The second-order valence-corrected chi connectivity index (χ2v) is 4.34. The summed E-state index contributed by atoms with van der Waals surface area (Å²) < 4.78 is 10.1. The molecular weight excluding hydrogens is 268 g/mol. The first-order chi connectivity index (χ1) is 9.04. The van der Waals surface area contributed by atoms with Crippen molar-refractivity contribution in [1.29, 1.82) is 0 Å². The van der Waals surface area contributed by atoms with Crippen LogP contribution in [0.1, 0.15) is 6.92 Å². The molecule has 0 aliphatic rings. The Balaban J connectivity index is 2.54. The fourth-order valence-corrected chi connectivity index (χ4v) is 1.32. The van der Waals surface area contributed by atoms with Crippen molar-refractivity contribution in [3.63, 3.8) is 0 Å². The fourth-order valence-electron chi connectivity index (χ4n) is 1.18. The zero-order valence-corrected chi connectivity index (χ0v) is 11.4. The molecule has 0 fully saturated rings. The molecule has 5 nitrogen and oxygen atoms in total. The van der Waals surface area contributed by atoms with E-state index in [2.05, 4.69) is 12.6 Å². The van der Waals surface area contributed by atoms with Crippen molar-refractivity contribution >= 4 is 24.6 Å². The van der Waals surface area contributed by atoms with E-state index in [1.807, 2.05) is 6.07 Å². The molecule has 104 valence electrons. The van der Waals surface area contributed by atoms with E-state index < -0.39 is 24.0 Å². The molecule has 0 radical (unpaired) electrons. The van der Waals surface area contributed by atoms with Gasteiger partial charge in [0.15, 0.2) is 0 Å². The summed E-state index contributed by atoms with van der Waals surface area (Å²) in [5.41, 5.74) is 0. The Morgan fingerprint density at radius 3 is 2.47 bits per heavy atom. The van der Waals surface area contributed by atoms with Crippen LogP contribution in [0.2, 0.25) is 0 Å². The van der Waals surface area contributed by atoms with Crippen LogP contribution in [-0.4, -0.2) is 35.5 Å². The largest absolute Gasteiger partial charge is 0.489 e. The third-order valence-corrected chi connectivity index (χ3v) is 2.90. The highest BCUT2D eigenvalue weighted by Crippen LogP contribution is 2.10. The monoisotopic (exact) mass is 284 g/mol. The van der Waals surface area contributed by atoms with E-state index in [0.717, 1.165) is 0 Å². The summed E-state index contributed by atoms with van der Waals surface area (Å²) in [5, 5.41) is 8.98. The standard InChI is InChI=1S/C13H16O5S/c1-9(8-19)13(16)18-11(12(14)15)7-17-10-5-3-2-4-6-10/h2-6,9,11,19H,7-8H2,1H3,(H,14,15)/t9-,11+/m1/s1. The normalized spacial score (nSPS) is 13.4. The predicted octanol–water partition coefficient (Wildman–Crippen LogP) is 1.63. The van der Waals surface area contributed by atoms with Gasteiger partial charge < -0.3 is 14.6 Å². The Hall–Kier alpha value is -1.69. The summed E-state index contributed by atoms with van der Waals surface area (Å²) in [6, 6.07) is 8.73. The lowest BCUT2D eigenvalue weighted by molar-refractivity contribution is -0.168. The highest BCUT2D eigenvalue weighted by atomic mass is 32.1. The topological polar surface area (TPSA) is 72.8 Å². The van der Waals surface area contributed by atoms with Crippen LogP contribution < -0.4 is 4.74 Å². The summed E-state index contributed by atoms with van der Waals surface area (Å²) in [4.78, 5) is 22.5. The number of para-hydroxylation sites is 1. The molecule has 2 atom stereocenters. The molecule has 1 aromatic rings. The van der Waals surface area contributed by atoms with Crippen LogP contribution in [0.3, 0.4) is 0 Å². The zero-order valence-electron chi connectivity index (χ0n) is 10.5. The van der Waals surface area contributed by atoms with Crippen molar-refractivity contribution in [2.75, 3.05) is 12.4 Å². The molecule has 1 N–H and O–H groups in total. The van der Waals surface area contributed by atoms with Gasteiger partial charge in [-0.1, -0.05) is 25.1 Å². The summed E-state index contributed by atoms with van der Waals surface area (Å²) >= 11 is 3.96. The van der Waals surface area contributed by atoms with Crippen molar-refractivity contribution in [2.24, 2.45) is 5.92 Å². The Morgan fingerprint density at radius 2 is 1.95 bits per heavy atom. The maximum Gasteiger partial charge on any atom is 0.348 e. The molecule has 0 saturated carbocycles. The number of benzene rings is 1. The Morgan fingerprint density at radius 1 is 1.32 bits per heavy atom. The molecule has 6 heteroatoms. The molecule has 0 unspecified atom stereocenters. The van der Waals surface area contributed by atoms with Crippen molar-refractivity contribution in [1.82, 2.24) is 0 Å². The number of hydrogen-bond donors (Lipinski definition) is 2. The van der Waals surface area contributed by atoms with E-state index >= 15 is 0 Å². The number of carboxylic acid groups (broad SMARTS) is 1. The smallest absolute Gasteiger partial charge is 0.348 e. The van der Waals surface area contributed by atoms with E-state index in [-0.39, 0.29) is 6.61 Å². The van der Waals surface area contributed by atoms with Gasteiger partial charge >= 0.3 is 11.9 Å². The maximum absolute atomic E-state index is 11.5. The van der Waals surface area contributed by atoms with Crippen LogP contribution in [0.5, 0.6) is 5.75 Å². The molecule has 0 amide bonds. The average Bonchev–Trinajstić information content (AvgIpc) is 2.42. The molecule has 0 aliphatic heterocycles. The van der Waals surface area contributed by atoms with Gasteiger partial charge in [0.05, 0.1) is 5.92 Å². The van der Waals surface area contributed by atoms with E-state index in [9.17, 15) is 9.59 Å². The van der Waals surface area contributed by atoms with Crippen LogP contribution in [-0.2, 0) is 14.3 Å². The minimum absolute atomic E-state index is 0.232. The number of ether oxygens (including phenoxy) is 2. The van der Waals surface area contributed by atoms with Crippen molar-refractivity contribution in [3.05, 3.63) is 30.3 Å². The van der Waals surface area contributed by atoms with Crippen LogP contribution in [0.4, 0.5) is 0 Å². The second kappa shape index (κ2) is 7.68. The number of thiol groups is 1. The van der Waals surface area contributed by atoms with Gasteiger partial charge in [-0.15, -0.1) is 0 Å². The molecule has 0 saturated heterocycles. The van der Waals surface area contributed by atoms with Crippen LogP contribution in [0.25, 0.3) is 0 Å². The van der Waals surface area contributed by atoms with E-state index in [1.54, 1.807) is 31.2 Å². The molecule has 0 aliphatic carbocycles. The summed E-state index contributed by atoms with van der Waals surface area (Å²) in [6.07, 6.45) is -1.32. The summed E-state index contributed by atoms with van der Waals surface area (Å²) in [7, 11) is 0. The number of carbonyl (C=O) groups excluding carboxylic acids is 1. The lowest BCUT2D eigenvalue weighted by atomic mass is 10.2. The number of aliphatic carboxylic acids is 1. The molecule has 1 aromatic carbocycles. The highest BCUT2D eigenvalue weighted by Gasteiger charge is 2.25. The number of hydrogen-bond acceptors (Lipinski definition) is 5. The molecule has 0 aromatic heterocycles. The Labute approximate surface area is 116 Å². The zero-order chi connectivity index (χ0) is 14.3. The van der Waals surface area contributed by atoms with Gasteiger partial charge in [-0.2, -0.15) is 12.6 Å². The SMILES string of the molecule is C[C@H](CS)C(=O)O[C@@H](COc1ccccc1)C(=O)O. The number of rotatable bonds is 7. The van der Waals surface area contributed by atoms with Crippen molar-refractivity contribution < 1.29 is 24.2 Å².